The predicted octanol–water partition coefficient (Wildman–Crippen LogP) is 2.59. The van der Waals surface area contributed by atoms with Gasteiger partial charge >= 0.3 is 6.18 Å². The normalized spacial score (nSPS) is 14.9. The summed E-state index contributed by atoms with van der Waals surface area (Å²) < 4.78 is 47.5. The maximum Gasteiger partial charge on any atom is 0.435 e. The average molecular weight is 456 g/mol. The molecule has 1 aliphatic rings. The minimum Gasteiger partial charge on any atom is -0.378 e. The van der Waals surface area contributed by atoms with E-state index in [2.05, 4.69) is 15.5 Å². The van der Waals surface area contributed by atoms with Crippen LogP contribution < -0.4 is 5.32 Å². The fraction of sp³-hybridized carbons (Fsp3) is 0.444. The van der Waals surface area contributed by atoms with Crippen LogP contribution in [-0.2, 0) is 24.5 Å². The maximum atomic E-state index is 13.2. The average Bonchev–Trinajstić information content (AvgIpc) is 3.42. The fourth-order valence-electron chi connectivity index (χ4n) is 3.40. The Labute approximate surface area is 178 Å². The van der Waals surface area contributed by atoms with Crippen molar-refractivity contribution >= 4 is 39.1 Å². The Morgan fingerprint density at radius 2 is 2.00 bits per heavy atom. The second-order valence-corrected chi connectivity index (χ2v) is 7.91. The van der Waals surface area contributed by atoms with Gasteiger partial charge in [-0.2, -0.15) is 23.4 Å². The minimum absolute atomic E-state index is 0.0718. The molecule has 1 saturated heterocycles. The number of hydrogen-bond acceptors (Lipinski definition) is 6. The lowest BCUT2D eigenvalue weighted by molar-refractivity contribution is -0.140. The molecule has 0 aromatic carbocycles. The summed E-state index contributed by atoms with van der Waals surface area (Å²) in [4.78, 5) is 27.7. The Kier molecular flexibility index (Phi) is 5.47. The van der Waals surface area contributed by atoms with Crippen LogP contribution in [0.25, 0.3) is 10.2 Å². The Hall–Kier alpha value is -2.93. The van der Waals surface area contributed by atoms with E-state index in [1.54, 1.807) is 4.90 Å². The summed E-state index contributed by atoms with van der Waals surface area (Å²) in [5.74, 6) is -0.918. The Morgan fingerprint density at radius 1 is 1.29 bits per heavy atom. The first-order chi connectivity index (χ1) is 14.7. The zero-order chi connectivity index (χ0) is 22.3. The van der Waals surface area contributed by atoms with E-state index in [0.29, 0.717) is 32.8 Å². The number of fused-ring (bicyclic) bond motifs is 1. The number of morpholine rings is 1. The zero-order valence-electron chi connectivity index (χ0n) is 16.7. The molecule has 0 radical (unpaired) electrons. The number of carbonyl (C=O) groups excluding carboxylic acids is 2. The van der Waals surface area contributed by atoms with Crippen LogP contribution in [0.2, 0.25) is 0 Å². The van der Waals surface area contributed by atoms with Gasteiger partial charge in [-0.05, 0) is 13.0 Å². The Balaban J connectivity index is 1.63. The van der Waals surface area contributed by atoms with E-state index in [9.17, 15) is 22.8 Å². The number of rotatable bonds is 4. The molecule has 1 N–H and O–H groups in total. The van der Waals surface area contributed by atoms with Gasteiger partial charge in [0.05, 0.1) is 30.0 Å². The van der Waals surface area contributed by atoms with Crippen molar-refractivity contribution in [2.45, 2.75) is 19.6 Å². The van der Waals surface area contributed by atoms with Gasteiger partial charge in [0.15, 0.2) is 5.69 Å². The molecular formula is C18H19F3N6O3S. The van der Waals surface area contributed by atoms with Gasteiger partial charge in [0.2, 0.25) is 0 Å². The molecule has 4 rings (SSSR count). The number of thiophene rings is 1. The van der Waals surface area contributed by atoms with E-state index in [0.717, 1.165) is 16.0 Å². The van der Waals surface area contributed by atoms with Crippen LogP contribution >= 0.6 is 11.3 Å². The maximum absolute atomic E-state index is 13.2. The van der Waals surface area contributed by atoms with Crippen molar-refractivity contribution in [3.05, 3.63) is 28.5 Å². The lowest BCUT2D eigenvalue weighted by Gasteiger charge is -2.27. The van der Waals surface area contributed by atoms with Gasteiger partial charge in [0.1, 0.15) is 10.5 Å². The topological polar surface area (TPSA) is 94.3 Å². The number of aromatic nitrogens is 4. The van der Waals surface area contributed by atoms with Gasteiger partial charge < -0.3 is 15.0 Å². The van der Waals surface area contributed by atoms with E-state index < -0.39 is 17.8 Å². The third-order valence-electron chi connectivity index (χ3n) is 4.89. The van der Waals surface area contributed by atoms with Crippen LogP contribution in [0.4, 0.5) is 18.9 Å². The van der Waals surface area contributed by atoms with Gasteiger partial charge in [0, 0.05) is 32.1 Å². The van der Waals surface area contributed by atoms with Crippen molar-refractivity contribution in [2.24, 2.45) is 7.05 Å². The molecule has 0 spiro atoms. The molecular weight excluding hydrogens is 437 g/mol. The first kappa shape index (κ1) is 21.3. The largest absolute Gasteiger partial charge is 0.435 e. The number of carbonyl (C=O) groups is 2. The molecule has 166 valence electrons. The summed E-state index contributed by atoms with van der Waals surface area (Å²) in [5, 5.41) is 10.1. The van der Waals surface area contributed by atoms with Crippen molar-refractivity contribution in [3.8, 4) is 0 Å². The molecule has 0 unspecified atom stereocenters. The number of amides is 2. The number of nitrogens with zero attached hydrogens (tertiary/aromatic N) is 5. The lowest BCUT2D eigenvalue weighted by Crippen LogP contribution is -2.41. The van der Waals surface area contributed by atoms with Gasteiger partial charge in [-0.1, -0.05) is 0 Å². The summed E-state index contributed by atoms with van der Waals surface area (Å²) in [6.45, 7) is 3.91. The second-order valence-electron chi connectivity index (χ2n) is 6.88. The highest BCUT2D eigenvalue weighted by Gasteiger charge is 2.37. The molecule has 9 nitrogen and oxygen atoms in total. The van der Waals surface area contributed by atoms with Crippen LogP contribution in [0.3, 0.4) is 0 Å². The number of alkyl halides is 3. The van der Waals surface area contributed by atoms with Gasteiger partial charge in [0.25, 0.3) is 11.8 Å². The highest BCUT2D eigenvalue weighted by Crippen LogP contribution is 2.37. The van der Waals surface area contributed by atoms with Crippen molar-refractivity contribution in [1.82, 2.24) is 24.5 Å². The predicted molar refractivity (Wildman–Crippen MR) is 106 cm³/mol. The van der Waals surface area contributed by atoms with E-state index in [-0.39, 0.29) is 32.4 Å². The molecule has 31 heavy (non-hydrogen) atoms. The quantitative estimate of drug-likeness (QED) is 0.651. The van der Waals surface area contributed by atoms with Crippen molar-refractivity contribution in [3.63, 3.8) is 0 Å². The smallest absolute Gasteiger partial charge is 0.378 e. The molecule has 3 aromatic heterocycles. The van der Waals surface area contributed by atoms with Crippen molar-refractivity contribution in [1.29, 1.82) is 0 Å². The third-order valence-corrected chi connectivity index (χ3v) is 6.09. The number of aryl methyl sites for hydroxylation is 2. The lowest BCUT2D eigenvalue weighted by atomic mass is 10.2. The molecule has 0 saturated carbocycles. The molecule has 13 heteroatoms. The van der Waals surface area contributed by atoms with Crippen molar-refractivity contribution < 1.29 is 27.5 Å². The summed E-state index contributed by atoms with van der Waals surface area (Å²) in [6, 6.07) is 1.17. The van der Waals surface area contributed by atoms with Crippen LogP contribution in [0.5, 0.6) is 0 Å². The standard InChI is InChI=1S/C18H19F3N6O3S/c1-3-27-13(16(29)26-4-6-30-7-5-26)11(9-22-27)23-15(28)12-8-10-14(18(19,20)21)24-25(2)17(10)31-12/h8-9H,3-7H2,1-2H3,(H,23,28). The molecule has 2 amide bonds. The van der Waals surface area contributed by atoms with Crippen LogP contribution in [-0.4, -0.2) is 62.6 Å². The highest BCUT2D eigenvalue weighted by atomic mass is 32.1. The summed E-state index contributed by atoms with van der Waals surface area (Å²) in [7, 11) is 1.39. The number of nitrogens with one attached hydrogen (secondary N) is 1. The van der Waals surface area contributed by atoms with Crippen LogP contribution in [0.1, 0.15) is 32.8 Å². The Morgan fingerprint density at radius 3 is 2.65 bits per heavy atom. The summed E-state index contributed by atoms with van der Waals surface area (Å²) in [6.07, 6.45) is -3.26. The van der Waals surface area contributed by atoms with Gasteiger partial charge in [-0.3, -0.25) is 19.0 Å². The molecule has 0 atom stereocenters. The molecule has 4 heterocycles. The van der Waals surface area contributed by atoms with E-state index in [4.69, 9.17) is 4.74 Å². The van der Waals surface area contributed by atoms with Gasteiger partial charge in [-0.15, -0.1) is 11.3 Å². The zero-order valence-corrected chi connectivity index (χ0v) is 17.5. The number of anilines is 1. The van der Waals surface area contributed by atoms with Crippen LogP contribution in [0, 0.1) is 0 Å². The minimum atomic E-state index is -4.63. The fourth-order valence-corrected chi connectivity index (χ4v) is 4.37. The summed E-state index contributed by atoms with van der Waals surface area (Å²) >= 11 is 0.892. The third kappa shape index (κ3) is 3.90. The summed E-state index contributed by atoms with van der Waals surface area (Å²) in [5.41, 5.74) is -0.617. The SMILES string of the molecule is CCn1ncc(NC(=O)c2cc3c(C(F)(F)F)nn(C)c3s2)c1C(=O)N1CCOCC1. The van der Waals surface area contributed by atoms with E-state index >= 15 is 0 Å². The van der Waals surface area contributed by atoms with E-state index in [1.165, 1.54) is 24.0 Å². The number of hydrogen-bond donors (Lipinski definition) is 1. The second kappa shape index (κ2) is 7.96. The molecule has 3 aromatic rings. The molecule has 0 aliphatic carbocycles. The number of ether oxygens (including phenoxy) is 1. The first-order valence-electron chi connectivity index (χ1n) is 9.48. The number of halogens is 3. The van der Waals surface area contributed by atoms with E-state index in [1.807, 2.05) is 6.92 Å². The molecule has 1 fully saturated rings. The molecule has 0 bridgehead atoms. The van der Waals surface area contributed by atoms with Gasteiger partial charge in [-0.25, -0.2) is 0 Å². The first-order valence-corrected chi connectivity index (χ1v) is 10.3. The van der Waals surface area contributed by atoms with Crippen molar-refractivity contribution in [2.75, 3.05) is 31.6 Å². The monoisotopic (exact) mass is 456 g/mol. The Bertz CT molecular complexity index is 1140. The van der Waals surface area contributed by atoms with Crippen LogP contribution in [0.15, 0.2) is 12.3 Å². The molecule has 1 aliphatic heterocycles. The highest BCUT2D eigenvalue weighted by molar-refractivity contribution is 7.20.